The average molecular weight is 362 g/mol. The van der Waals surface area contributed by atoms with Crippen molar-refractivity contribution in [3.8, 4) is 11.4 Å². The normalized spacial score (nSPS) is 16.3. The molecule has 0 bridgehead atoms. The van der Waals surface area contributed by atoms with Gasteiger partial charge in [0.2, 0.25) is 0 Å². The maximum atomic E-state index is 13.1. The lowest BCUT2D eigenvalue weighted by Crippen LogP contribution is -2.45. The monoisotopic (exact) mass is 362 g/mol. The third-order valence-corrected chi connectivity index (χ3v) is 5.18. The number of benzene rings is 1. The molecular formula is C21H22N4O2. The molecule has 0 atom stereocenters. The number of hydrogen-bond acceptors (Lipinski definition) is 4. The molecular weight excluding hydrogens is 340 g/mol. The minimum atomic E-state index is -0.981. The largest absolute Gasteiger partial charge is 0.383 e. The average Bonchev–Trinajstić information content (AvgIpc) is 3.23. The van der Waals surface area contributed by atoms with Gasteiger partial charge in [0.25, 0.3) is 5.91 Å². The van der Waals surface area contributed by atoms with Crippen molar-refractivity contribution in [1.29, 1.82) is 0 Å². The fourth-order valence-corrected chi connectivity index (χ4v) is 3.54. The van der Waals surface area contributed by atoms with Crippen molar-refractivity contribution in [3.05, 3.63) is 71.8 Å². The number of carbonyl (C=O) groups excluding carboxylic acids is 1. The summed E-state index contributed by atoms with van der Waals surface area (Å²) in [5, 5.41) is 11.0. The van der Waals surface area contributed by atoms with Gasteiger partial charge in [-0.05, 0) is 37.5 Å². The summed E-state index contributed by atoms with van der Waals surface area (Å²) in [5.74, 6) is 0.636. The van der Waals surface area contributed by atoms with Crippen LogP contribution in [0.4, 0.5) is 0 Å². The molecule has 1 saturated heterocycles. The van der Waals surface area contributed by atoms with Crippen LogP contribution in [-0.4, -0.2) is 44.0 Å². The molecule has 2 aromatic heterocycles. The number of amides is 1. The summed E-state index contributed by atoms with van der Waals surface area (Å²) in [6.07, 6.45) is 6.12. The number of nitrogens with zero attached hydrogens (tertiary/aromatic N) is 3. The molecule has 138 valence electrons. The second kappa shape index (κ2) is 6.96. The van der Waals surface area contributed by atoms with E-state index in [9.17, 15) is 9.90 Å². The molecule has 6 heteroatoms. The van der Waals surface area contributed by atoms with E-state index in [2.05, 4.69) is 15.0 Å². The van der Waals surface area contributed by atoms with Crippen LogP contribution < -0.4 is 0 Å². The van der Waals surface area contributed by atoms with Crippen LogP contribution >= 0.6 is 0 Å². The fraction of sp³-hybridized carbons (Fsp3) is 0.286. The lowest BCUT2D eigenvalue weighted by Gasteiger charge is -2.38. The number of hydrogen-bond donors (Lipinski definition) is 2. The van der Waals surface area contributed by atoms with Crippen molar-refractivity contribution in [1.82, 2.24) is 19.9 Å². The van der Waals surface area contributed by atoms with Gasteiger partial charge >= 0.3 is 0 Å². The predicted molar refractivity (Wildman–Crippen MR) is 102 cm³/mol. The number of likely N-dealkylation sites (tertiary alicyclic amines) is 1. The summed E-state index contributed by atoms with van der Waals surface area (Å²) in [6.45, 7) is 2.94. The second-order valence-electron chi connectivity index (χ2n) is 7.03. The number of aliphatic hydroxyl groups is 1. The van der Waals surface area contributed by atoms with Crippen LogP contribution in [0.15, 0.2) is 55.0 Å². The Morgan fingerprint density at radius 3 is 2.59 bits per heavy atom. The van der Waals surface area contributed by atoms with Crippen molar-refractivity contribution >= 4 is 5.91 Å². The first-order valence-electron chi connectivity index (χ1n) is 9.10. The standard InChI is InChI=1S/C21H22N4O2/c1-15-6-7-18(24-14-15)21(27)8-12-25(13-9-21)20(26)17-5-3-2-4-16(17)19-22-10-11-23-19/h2-7,10-11,14,27H,8-9,12-13H2,1H3,(H,22,23). The first-order chi connectivity index (χ1) is 13.1. The Bertz CT molecular complexity index is 927. The quantitative estimate of drug-likeness (QED) is 0.751. The number of piperidine rings is 1. The van der Waals surface area contributed by atoms with Gasteiger partial charge in [-0.15, -0.1) is 0 Å². The molecule has 27 heavy (non-hydrogen) atoms. The topological polar surface area (TPSA) is 82.1 Å². The lowest BCUT2D eigenvalue weighted by molar-refractivity contribution is -0.0244. The van der Waals surface area contributed by atoms with Crippen molar-refractivity contribution in [2.24, 2.45) is 0 Å². The van der Waals surface area contributed by atoms with E-state index in [0.29, 0.717) is 43.0 Å². The van der Waals surface area contributed by atoms with Gasteiger partial charge in [-0.1, -0.05) is 24.3 Å². The highest BCUT2D eigenvalue weighted by Crippen LogP contribution is 2.33. The maximum absolute atomic E-state index is 13.1. The van der Waals surface area contributed by atoms with E-state index in [4.69, 9.17) is 0 Å². The Kier molecular flexibility index (Phi) is 4.49. The zero-order valence-electron chi connectivity index (χ0n) is 15.2. The van der Waals surface area contributed by atoms with Crippen LogP contribution in [0.2, 0.25) is 0 Å². The lowest BCUT2D eigenvalue weighted by atomic mass is 9.87. The van der Waals surface area contributed by atoms with Crippen LogP contribution in [0.5, 0.6) is 0 Å². The number of rotatable bonds is 3. The third kappa shape index (κ3) is 3.36. The predicted octanol–water partition coefficient (Wildman–Crippen LogP) is 2.90. The van der Waals surface area contributed by atoms with Gasteiger partial charge in [0.15, 0.2) is 0 Å². The summed E-state index contributed by atoms with van der Waals surface area (Å²) in [4.78, 5) is 26.6. The molecule has 0 saturated carbocycles. The summed E-state index contributed by atoms with van der Waals surface area (Å²) < 4.78 is 0. The number of aromatic amines is 1. The van der Waals surface area contributed by atoms with E-state index in [1.165, 1.54) is 0 Å². The van der Waals surface area contributed by atoms with Gasteiger partial charge in [-0.25, -0.2) is 4.98 Å². The summed E-state index contributed by atoms with van der Waals surface area (Å²) in [6, 6.07) is 11.3. The van der Waals surface area contributed by atoms with Crippen LogP contribution in [0.3, 0.4) is 0 Å². The molecule has 0 aliphatic carbocycles. The van der Waals surface area contributed by atoms with Gasteiger partial charge in [-0.2, -0.15) is 0 Å². The highest BCUT2D eigenvalue weighted by Gasteiger charge is 2.37. The molecule has 0 radical (unpaired) electrons. The SMILES string of the molecule is Cc1ccc(C2(O)CCN(C(=O)c3ccccc3-c3ncc[nH]3)CC2)nc1. The fourth-order valence-electron chi connectivity index (χ4n) is 3.54. The molecule has 2 N–H and O–H groups in total. The van der Waals surface area contributed by atoms with Gasteiger partial charge in [0, 0.05) is 37.2 Å². The molecule has 1 aliphatic heterocycles. The molecule has 6 nitrogen and oxygen atoms in total. The van der Waals surface area contributed by atoms with Crippen LogP contribution in [-0.2, 0) is 5.60 Å². The van der Waals surface area contributed by atoms with E-state index < -0.39 is 5.60 Å². The number of pyridine rings is 1. The summed E-state index contributed by atoms with van der Waals surface area (Å²) in [5.41, 5.74) is 2.16. The van der Waals surface area contributed by atoms with Crippen molar-refractivity contribution in [2.75, 3.05) is 13.1 Å². The van der Waals surface area contributed by atoms with Crippen LogP contribution in [0.25, 0.3) is 11.4 Å². The number of H-pyrrole nitrogens is 1. The number of aromatic nitrogens is 3. The molecule has 1 aliphatic rings. The zero-order chi connectivity index (χ0) is 18.9. The molecule has 1 amide bonds. The van der Waals surface area contributed by atoms with E-state index >= 15 is 0 Å². The highest BCUT2D eigenvalue weighted by atomic mass is 16.3. The molecule has 0 unspecified atom stereocenters. The van der Waals surface area contributed by atoms with Gasteiger partial charge in [0.05, 0.1) is 11.3 Å². The first-order valence-corrected chi connectivity index (χ1v) is 9.10. The Hall–Kier alpha value is -2.99. The number of aryl methyl sites for hydroxylation is 1. The molecule has 4 rings (SSSR count). The van der Waals surface area contributed by atoms with Gasteiger partial charge < -0.3 is 15.0 Å². The highest BCUT2D eigenvalue weighted by molar-refractivity contribution is 6.00. The minimum Gasteiger partial charge on any atom is -0.383 e. The zero-order valence-corrected chi connectivity index (χ0v) is 15.2. The van der Waals surface area contributed by atoms with Crippen molar-refractivity contribution in [3.63, 3.8) is 0 Å². The Morgan fingerprint density at radius 1 is 1.15 bits per heavy atom. The molecule has 3 aromatic rings. The molecule has 0 spiro atoms. The second-order valence-corrected chi connectivity index (χ2v) is 7.03. The van der Waals surface area contributed by atoms with Gasteiger partial charge in [-0.3, -0.25) is 9.78 Å². The Labute approximate surface area is 157 Å². The smallest absolute Gasteiger partial charge is 0.254 e. The van der Waals surface area contributed by atoms with Crippen LogP contribution in [0, 0.1) is 6.92 Å². The summed E-state index contributed by atoms with van der Waals surface area (Å²) >= 11 is 0. The summed E-state index contributed by atoms with van der Waals surface area (Å²) in [7, 11) is 0. The molecule has 1 aromatic carbocycles. The Morgan fingerprint density at radius 2 is 1.93 bits per heavy atom. The number of carbonyl (C=O) groups is 1. The Balaban J connectivity index is 1.52. The number of nitrogens with one attached hydrogen (secondary N) is 1. The van der Waals surface area contributed by atoms with Gasteiger partial charge in [0.1, 0.15) is 11.4 Å². The van der Waals surface area contributed by atoms with E-state index in [1.54, 1.807) is 23.5 Å². The molecule has 3 heterocycles. The third-order valence-electron chi connectivity index (χ3n) is 5.18. The molecule has 1 fully saturated rings. The van der Waals surface area contributed by atoms with E-state index in [-0.39, 0.29) is 5.91 Å². The van der Waals surface area contributed by atoms with Crippen LogP contribution in [0.1, 0.15) is 34.5 Å². The van der Waals surface area contributed by atoms with Crippen molar-refractivity contribution < 1.29 is 9.90 Å². The minimum absolute atomic E-state index is 0.0408. The van der Waals surface area contributed by atoms with E-state index in [1.807, 2.05) is 43.3 Å². The van der Waals surface area contributed by atoms with E-state index in [0.717, 1.165) is 11.1 Å². The first kappa shape index (κ1) is 17.4. The van der Waals surface area contributed by atoms with Crippen molar-refractivity contribution in [2.45, 2.75) is 25.4 Å². The maximum Gasteiger partial charge on any atom is 0.254 e. The number of imidazole rings is 1.